The zero-order chi connectivity index (χ0) is 25.9. The molecule has 2 aromatic rings. The SMILES string of the molecule is COc1ccc(OCCOc2ccc(C=C3C(=N)N4C(=NC3=O)SN=C4S(C)(=O)=O)cc2OC)cc1. The van der Waals surface area contributed by atoms with E-state index in [0.29, 0.717) is 29.4 Å². The second-order valence-corrected chi connectivity index (χ2v) is 10.1. The number of hydrogen-bond donors (Lipinski definition) is 1. The van der Waals surface area contributed by atoms with E-state index in [0.717, 1.165) is 28.9 Å². The van der Waals surface area contributed by atoms with E-state index in [-0.39, 0.29) is 28.4 Å². The summed E-state index contributed by atoms with van der Waals surface area (Å²) in [5.41, 5.74) is 0.450. The van der Waals surface area contributed by atoms with E-state index in [2.05, 4.69) is 9.39 Å². The van der Waals surface area contributed by atoms with Crippen molar-refractivity contribution in [3.8, 4) is 23.0 Å². The summed E-state index contributed by atoms with van der Waals surface area (Å²) >= 11 is 0.738. The summed E-state index contributed by atoms with van der Waals surface area (Å²) in [7, 11) is -0.653. The molecule has 2 aliphatic heterocycles. The van der Waals surface area contributed by atoms with Gasteiger partial charge in [-0.25, -0.2) is 13.3 Å². The van der Waals surface area contributed by atoms with Crippen molar-refractivity contribution in [2.75, 3.05) is 33.7 Å². The molecule has 11 nitrogen and oxygen atoms in total. The zero-order valence-electron chi connectivity index (χ0n) is 19.5. The number of sulfone groups is 1. The summed E-state index contributed by atoms with van der Waals surface area (Å²) in [6, 6.07) is 12.2. The molecule has 2 aromatic carbocycles. The van der Waals surface area contributed by atoms with Crippen LogP contribution in [0.5, 0.6) is 23.0 Å². The van der Waals surface area contributed by atoms with Gasteiger partial charge in [-0.2, -0.15) is 9.39 Å². The van der Waals surface area contributed by atoms with Gasteiger partial charge in [0.2, 0.25) is 20.2 Å². The van der Waals surface area contributed by atoms with E-state index in [1.807, 2.05) is 0 Å². The minimum absolute atomic E-state index is 0.0285. The lowest BCUT2D eigenvalue weighted by Crippen LogP contribution is -2.45. The standard InChI is InChI=1S/C23H22N4O7S2/c1-31-15-5-7-16(8-6-15)33-10-11-34-18-9-4-14(13-19(18)32-2)12-17-20(24)27-22(25-21(17)28)35-26-23(27)36(3,29)30/h4-9,12-13,24H,10-11H2,1-3H3. The van der Waals surface area contributed by atoms with Gasteiger partial charge in [-0.05, 0) is 48.0 Å². The first-order valence-electron chi connectivity index (χ1n) is 10.5. The van der Waals surface area contributed by atoms with Gasteiger partial charge in [-0.15, -0.1) is 0 Å². The first-order chi connectivity index (χ1) is 17.2. The van der Waals surface area contributed by atoms with E-state index in [1.54, 1.807) is 49.6 Å². The zero-order valence-corrected chi connectivity index (χ0v) is 21.2. The van der Waals surface area contributed by atoms with Gasteiger partial charge in [0.25, 0.3) is 5.91 Å². The lowest BCUT2D eigenvalue weighted by molar-refractivity contribution is -0.114. The molecule has 0 bridgehead atoms. The smallest absolute Gasteiger partial charge is 0.283 e. The lowest BCUT2D eigenvalue weighted by atomic mass is 10.1. The van der Waals surface area contributed by atoms with Crippen molar-refractivity contribution in [3.05, 3.63) is 53.6 Å². The molecule has 2 heterocycles. The largest absolute Gasteiger partial charge is 0.497 e. The van der Waals surface area contributed by atoms with Gasteiger partial charge in [0, 0.05) is 6.26 Å². The molecule has 2 aliphatic rings. The number of amidine groups is 3. The van der Waals surface area contributed by atoms with Crippen LogP contribution in [0, 0.1) is 5.41 Å². The molecule has 4 rings (SSSR count). The van der Waals surface area contributed by atoms with Crippen LogP contribution in [0.25, 0.3) is 6.08 Å². The summed E-state index contributed by atoms with van der Waals surface area (Å²) in [5, 5.41) is 8.12. The maximum absolute atomic E-state index is 12.5. The number of fused-ring (bicyclic) bond motifs is 1. The maximum atomic E-state index is 12.5. The van der Waals surface area contributed by atoms with Crippen molar-refractivity contribution in [3.63, 3.8) is 0 Å². The molecule has 0 aromatic heterocycles. The van der Waals surface area contributed by atoms with Gasteiger partial charge in [0.15, 0.2) is 11.5 Å². The third kappa shape index (κ3) is 5.36. The Bertz CT molecular complexity index is 1400. The number of carbonyl (C=O) groups is 1. The Balaban J connectivity index is 1.46. The quantitative estimate of drug-likeness (QED) is 0.310. The van der Waals surface area contributed by atoms with Crippen molar-refractivity contribution in [1.82, 2.24) is 4.90 Å². The van der Waals surface area contributed by atoms with Crippen LogP contribution < -0.4 is 18.9 Å². The Morgan fingerprint density at radius 3 is 2.36 bits per heavy atom. The van der Waals surface area contributed by atoms with Crippen LogP contribution >= 0.6 is 11.9 Å². The molecule has 0 spiro atoms. The lowest BCUT2D eigenvalue weighted by Gasteiger charge is -2.23. The van der Waals surface area contributed by atoms with Crippen molar-refractivity contribution < 1.29 is 32.2 Å². The topological polar surface area (TPSA) is 140 Å². The number of ether oxygens (including phenoxy) is 4. The summed E-state index contributed by atoms with van der Waals surface area (Å²) in [6.07, 6.45) is 2.42. The Morgan fingerprint density at radius 2 is 1.69 bits per heavy atom. The third-order valence-corrected chi connectivity index (χ3v) is 6.75. The van der Waals surface area contributed by atoms with Crippen LogP contribution in [0.3, 0.4) is 0 Å². The molecular formula is C23H22N4O7S2. The number of nitrogens with one attached hydrogen (secondary N) is 1. The highest BCUT2D eigenvalue weighted by Gasteiger charge is 2.41. The number of carbonyl (C=O) groups excluding carboxylic acids is 1. The number of rotatable bonds is 8. The Hall–Kier alpha value is -3.84. The minimum atomic E-state index is -3.73. The number of nitrogens with zero attached hydrogens (tertiary/aromatic N) is 3. The molecule has 1 N–H and O–H groups in total. The molecule has 1 amide bonds. The van der Waals surface area contributed by atoms with Crippen molar-refractivity contribution in [2.24, 2.45) is 9.39 Å². The van der Waals surface area contributed by atoms with Crippen molar-refractivity contribution in [2.45, 2.75) is 0 Å². The predicted octanol–water partition coefficient (Wildman–Crippen LogP) is 2.78. The van der Waals surface area contributed by atoms with E-state index >= 15 is 0 Å². The highest BCUT2D eigenvalue weighted by atomic mass is 32.2. The third-order valence-electron chi connectivity index (χ3n) is 4.99. The monoisotopic (exact) mass is 530 g/mol. The summed E-state index contributed by atoms with van der Waals surface area (Å²) in [5.74, 6) is 1.29. The van der Waals surface area contributed by atoms with Gasteiger partial charge < -0.3 is 18.9 Å². The van der Waals surface area contributed by atoms with Crippen LogP contribution in [0.2, 0.25) is 0 Å². The number of hydrogen-bond acceptors (Lipinski definition) is 10. The fraction of sp³-hybridized carbons (Fsp3) is 0.217. The first-order valence-corrected chi connectivity index (χ1v) is 13.1. The van der Waals surface area contributed by atoms with E-state index in [4.69, 9.17) is 24.4 Å². The normalized spacial score (nSPS) is 16.4. The minimum Gasteiger partial charge on any atom is -0.497 e. The van der Waals surface area contributed by atoms with Crippen LogP contribution in [-0.2, 0) is 14.6 Å². The predicted molar refractivity (Wildman–Crippen MR) is 137 cm³/mol. The second-order valence-electron chi connectivity index (χ2n) is 7.46. The summed E-state index contributed by atoms with van der Waals surface area (Å²) < 4.78 is 49.9. The molecule has 0 unspecified atom stereocenters. The molecule has 13 heteroatoms. The maximum Gasteiger partial charge on any atom is 0.283 e. The van der Waals surface area contributed by atoms with Crippen LogP contribution in [0.1, 0.15) is 5.56 Å². The first kappa shape index (κ1) is 25.3. The molecular weight excluding hydrogens is 508 g/mol. The van der Waals surface area contributed by atoms with Crippen LogP contribution in [0.4, 0.5) is 0 Å². The number of aliphatic imine (C=N–C) groups is 1. The molecule has 0 radical (unpaired) electrons. The Labute approximate surface area is 212 Å². The van der Waals surface area contributed by atoms with Gasteiger partial charge in [0.05, 0.1) is 31.7 Å². The van der Waals surface area contributed by atoms with Crippen LogP contribution in [0.15, 0.2) is 57.4 Å². The van der Waals surface area contributed by atoms with Crippen LogP contribution in [-0.4, -0.2) is 69.1 Å². The Morgan fingerprint density at radius 1 is 1.00 bits per heavy atom. The van der Waals surface area contributed by atoms with E-state index in [1.165, 1.54) is 13.2 Å². The van der Waals surface area contributed by atoms with Crippen molar-refractivity contribution >= 4 is 49.9 Å². The molecule has 0 fully saturated rings. The van der Waals surface area contributed by atoms with E-state index in [9.17, 15) is 13.2 Å². The summed E-state index contributed by atoms with van der Waals surface area (Å²) in [6.45, 7) is 0.551. The average Bonchev–Trinajstić information content (AvgIpc) is 3.30. The summed E-state index contributed by atoms with van der Waals surface area (Å²) in [4.78, 5) is 17.5. The fourth-order valence-electron chi connectivity index (χ4n) is 3.28. The van der Waals surface area contributed by atoms with Gasteiger partial charge in [-0.1, -0.05) is 6.07 Å². The van der Waals surface area contributed by atoms with Gasteiger partial charge >= 0.3 is 0 Å². The molecule has 36 heavy (non-hydrogen) atoms. The molecule has 0 aliphatic carbocycles. The highest BCUT2D eigenvalue weighted by Crippen LogP contribution is 2.32. The fourth-order valence-corrected chi connectivity index (χ4v) is 5.13. The average molecular weight is 531 g/mol. The molecule has 188 valence electrons. The highest BCUT2D eigenvalue weighted by molar-refractivity contribution is 8.16. The number of benzene rings is 2. The number of amides is 1. The molecule has 0 atom stereocenters. The van der Waals surface area contributed by atoms with Gasteiger partial charge in [0.1, 0.15) is 30.5 Å². The molecule has 0 saturated heterocycles. The van der Waals surface area contributed by atoms with Gasteiger partial charge in [-0.3, -0.25) is 10.2 Å². The second kappa shape index (κ2) is 10.4. The number of methoxy groups -OCH3 is 2. The Kier molecular flexibility index (Phi) is 7.31. The van der Waals surface area contributed by atoms with Crippen molar-refractivity contribution in [1.29, 1.82) is 5.41 Å². The molecule has 0 saturated carbocycles. The van der Waals surface area contributed by atoms with E-state index < -0.39 is 15.7 Å².